The molecule has 0 aliphatic carbocycles. The average Bonchev–Trinajstić information content (AvgIpc) is 2.67. The normalized spacial score (nSPS) is 10.8. The summed E-state index contributed by atoms with van der Waals surface area (Å²) in [5.74, 6) is 1.90. The van der Waals surface area contributed by atoms with Crippen LogP contribution in [0.15, 0.2) is 46.9 Å². The summed E-state index contributed by atoms with van der Waals surface area (Å²) in [7, 11) is 0. The smallest absolute Gasteiger partial charge is 0.261 e. The van der Waals surface area contributed by atoms with E-state index < -0.39 is 0 Å². The molecule has 0 saturated carbocycles. The fourth-order valence-electron chi connectivity index (χ4n) is 2.47. The van der Waals surface area contributed by atoms with Crippen molar-refractivity contribution in [2.45, 2.75) is 34.1 Å². The van der Waals surface area contributed by atoms with Crippen molar-refractivity contribution in [2.24, 2.45) is 11.8 Å². The van der Waals surface area contributed by atoms with Gasteiger partial charge in [0.15, 0.2) is 5.11 Å². The van der Waals surface area contributed by atoms with Gasteiger partial charge in [0.2, 0.25) is 0 Å². The van der Waals surface area contributed by atoms with Crippen LogP contribution < -0.4 is 20.1 Å². The van der Waals surface area contributed by atoms with E-state index in [0.29, 0.717) is 36.4 Å². The van der Waals surface area contributed by atoms with Gasteiger partial charge in [0.05, 0.1) is 18.8 Å². The molecule has 5 nitrogen and oxygen atoms in total. The van der Waals surface area contributed by atoms with Crippen LogP contribution >= 0.6 is 28.1 Å². The molecule has 0 aromatic heterocycles. The first-order valence-electron chi connectivity index (χ1n) is 10.0. The maximum atomic E-state index is 12.8. The quantitative estimate of drug-likeness (QED) is 0.418. The monoisotopic (exact) mass is 492 g/mol. The van der Waals surface area contributed by atoms with Crippen LogP contribution in [0.5, 0.6) is 11.5 Å². The van der Waals surface area contributed by atoms with Crippen LogP contribution in [-0.4, -0.2) is 24.2 Å². The highest BCUT2D eigenvalue weighted by molar-refractivity contribution is 9.10. The van der Waals surface area contributed by atoms with Gasteiger partial charge in [0, 0.05) is 16.2 Å². The Morgan fingerprint density at radius 2 is 1.83 bits per heavy atom. The summed E-state index contributed by atoms with van der Waals surface area (Å²) in [6, 6.07) is 12.8. The first-order chi connectivity index (χ1) is 14.2. The molecule has 0 radical (unpaired) electrons. The fraction of sp³-hybridized carbons (Fsp3) is 0.391. The van der Waals surface area contributed by atoms with Gasteiger partial charge in [0.25, 0.3) is 5.91 Å². The number of rotatable bonds is 9. The van der Waals surface area contributed by atoms with E-state index in [4.69, 9.17) is 21.7 Å². The third-order valence-electron chi connectivity index (χ3n) is 4.04. The molecule has 0 aliphatic rings. The van der Waals surface area contributed by atoms with E-state index in [9.17, 15) is 4.79 Å². The molecule has 2 aromatic rings. The van der Waals surface area contributed by atoms with Gasteiger partial charge in [-0.2, -0.15) is 0 Å². The van der Waals surface area contributed by atoms with Crippen molar-refractivity contribution in [3.63, 3.8) is 0 Å². The fourth-order valence-corrected chi connectivity index (χ4v) is 3.04. The highest BCUT2D eigenvalue weighted by Gasteiger charge is 2.15. The largest absolute Gasteiger partial charge is 0.493 e. The minimum absolute atomic E-state index is 0.203. The standard InChI is InChI=1S/C23H29BrN2O3S/c1-15(2)10-11-28-21-9-8-17(24)12-20(21)22(27)26-23(30)25-18-6-5-7-19(13-18)29-14-16(3)4/h5-9,12-13,15-16H,10-11,14H2,1-4H3,(H2,25,26,27,30). The predicted octanol–water partition coefficient (Wildman–Crippen LogP) is 6.04. The number of carbonyl (C=O) groups is 1. The second-order valence-corrected chi connectivity index (χ2v) is 9.14. The zero-order chi connectivity index (χ0) is 22.1. The van der Waals surface area contributed by atoms with Gasteiger partial charge in [-0.25, -0.2) is 0 Å². The van der Waals surface area contributed by atoms with Crippen molar-refractivity contribution >= 4 is 44.9 Å². The number of halogens is 1. The maximum Gasteiger partial charge on any atom is 0.261 e. The lowest BCUT2D eigenvalue weighted by atomic mass is 10.1. The van der Waals surface area contributed by atoms with Gasteiger partial charge in [-0.15, -0.1) is 0 Å². The van der Waals surface area contributed by atoms with Gasteiger partial charge in [0.1, 0.15) is 11.5 Å². The molecular weight excluding hydrogens is 464 g/mol. The SMILES string of the molecule is CC(C)CCOc1ccc(Br)cc1C(=O)NC(=S)Nc1cccc(OCC(C)C)c1. The first kappa shape index (κ1) is 24.2. The zero-order valence-electron chi connectivity index (χ0n) is 17.8. The Labute approximate surface area is 192 Å². The zero-order valence-corrected chi connectivity index (χ0v) is 20.2. The summed E-state index contributed by atoms with van der Waals surface area (Å²) in [5.41, 5.74) is 1.16. The van der Waals surface area contributed by atoms with E-state index in [-0.39, 0.29) is 11.0 Å². The summed E-state index contributed by atoms with van der Waals surface area (Å²) in [5, 5.41) is 5.95. The third-order valence-corrected chi connectivity index (χ3v) is 4.74. The highest BCUT2D eigenvalue weighted by atomic mass is 79.9. The van der Waals surface area contributed by atoms with Gasteiger partial charge >= 0.3 is 0 Å². The van der Waals surface area contributed by atoms with Crippen LogP contribution in [0.1, 0.15) is 44.5 Å². The van der Waals surface area contributed by atoms with E-state index in [1.165, 1.54) is 0 Å². The molecule has 0 heterocycles. The Morgan fingerprint density at radius 3 is 2.53 bits per heavy atom. The Hall–Kier alpha value is -2.12. The summed E-state index contributed by atoms with van der Waals surface area (Å²) < 4.78 is 12.3. The number of hydrogen-bond donors (Lipinski definition) is 2. The minimum Gasteiger partial charge on any atom is -0.493 e. The minimum atomic E-state index is -0.333. The van der Waals surface area contributed by atoms with E-state index >= 15 is 0 Å². The molecule has 0 atom stereocenters. The second kappa shape index (κ2) is 11.9. The molecule has 0 aliphatic heterocycles. The number of anilines is 1. The number of carbonyl (C=O) groups excluding carboxylic acids is 1. The molecule has 0 fully saturated rings. The Kier molecular flexibility index (Phi) is 9.59. The molecule has 1 amide bonds. The molecule has 0 bridgehead atoms. The molecule has 0 spiro atoms. The van der Waals surface area contributed by atoms with Crippen LogP contribution in [0.3, 0.4) is 0 Å². The molecule has 0 saturated heterocycles. The molecule has 30 heavy (non-hydrogen) atoms. The van der Waals surface area contributed by atoms with Crippen LogP contribution in [0, 0.1) is 11.8 Å². The Bertz CT molecular complexity index is 871. The van der Waals surface area contributed by atoms with Crippen molar-refractivity contribution < 1.29 is 14.3 Å². The Morgan fingerprint density at radius 1 is 1.07 bits per heavy atom. The summed E-state index contributed by atoms with van der Waals surface area (Å²) in [6.45, 7) is 9.63. The molecule has 2 rings (SSSR count). The van der Waals surface area contributed by atoms with E-state index in [1.54, 1.807) is 12.1 Å². The van der Waals surface area contributed by atoms with Crippen molar-refractivity contribution in [3.8, 4) is 11.5 Å². The maximum absolute atomic E-state index is 12.8. The number of thiocarbonyl (C=S) groups is 1. The summed E-state index contributed by atoms with van der Waals surface area (Å²) in [4.78, 5) is 12.8. The highest BCUT2D eigenvalue weighted by Crippen LogP contribution is 2.24. The summed E-state index contributed by atoms with van der Waals surface area (Å²) in [6.07, 6.45) is 0.909. The van der Waals surface area contributed by atoms with E-state index in [0.717, 1.165) is 22.3 Å². The van der Waals surface area contributed by atoms with Gasteiger partial charge < -0.3 is 14.8 Å². The van der Waals surface area contributed by atoms with Gasteiger partial charge in [-0.3, -0.25) is 10.1 Å². The van der Waals surface area contributed by atoms with E-state index in [2.05, 4.69) is 54.3 Å². The molecular formula is C23H29BrN2O3S. The topological polar surface area (TPSA) is 59.6 Å². The predicted molar refractivity (Wildman–Crippen MR) is 130 cm³/mol. The second-order valence-electron chi connectivity index (χ2n) is 7.81. The van der Waals surface area contributed by atoms with Crippen LogP contribution in [0.25, 0.3) is 0 Å². The van der Waals surface area contributed by atoms with Crippen LogP contribution in [0.2, 0.25) is 0 Å². The van der Waals surface area contributed by atoms with Gasteiger partial charge in [-0.05, 0) is 60.8 Å². The lowest BCUT2D eigenvalue weighted by molar-refractivity contribution is 0.0973. The number of nitrogens with one attached hydrogen (secondary N) is 2. The lowest BCUT2D eigenvalue weighted by Gasteiger charge is -2.15. The van der Waals surface area contributed by atoms with Crippen molar-refractivity contribution in [1.82, 2.24) is 5.32 Å². The lowest BCUT2D eigenvalue weighted by Crippen LogP contribution is -2.34. The Balaban J connectivity index is 2.01. The molecule has 2 aromatic carbocycles. The van der Waals surface area contributed by atoms with E-state index in [1.807, 2.05) is 30.3 Å². The van der Waals surface area contributed by atoms with Crippen molar-refractivity contribution in [2.75, 3.05) is 18.5 Å². The number of ether oxygens (including phenoxy) is 2. The van der Waals surface area contributed by atoms with Crippen LogP contribution in [0.4, 0.5) is 5.69 Å². The molecule has 2 N–H and O–H groups in total. The average molecular weight is 493 g/mol. The molecule has 7 heteroatoms. The first-order valence-corrected chi connectivity index (χ1v) is 11.2. The van der Waals surface area contributed by atoms with Crippen molar-refractivity contribution in [1.29, 1.82) is 0 Å². The number of amides is 1. The third kappa shape index (κ3) is 8.32. The number of benzene rings is 2. The van der Waals surface area contributed by atoms with Crippen LogP contribution in [-0.2, 0) is 0 Å². The van der Waals surface area contributed by atoms with Crippen molar-refractivity contribution in [3.05, 3.63) is 52.5 Å². The molecule has 0 unspecified atom stereocenters. The summed E-state index contributed by atoms with van der Waals surface area (Å²) >= 11 is 8.73. The number of hydrogen-bond acceptors (Lipinski definition) is 4. The van der Waals surface area contributed by atoms with Gasteiger partial charge in [-0.1, -0.05) is 49.7 Å². The molecule has 162 valence electrons.